The van der Waals surface area contributed by atoms with Gasteiger partial charge in [-0.3, -0.25) is 0 Å². The van der Waals surface area contributed by atoms with E-state index in [4.69, 9.17) is 0 Å². The molecule has 0 N–H and O–H groups in total. The molecule has 0 aliphatic carbocycles. The fourth-order valence-corrected chi connectivity index (χ4v) is 22.7. The number of rotatable bonds is 11. The van der Waals surface area contributed by atoms with Crippen molar-refractivity contribution in [1.29, 1.82) is 0 Å². The van der Waals surface area contributed by atoms with Crippen molar-refractivity contribution in [3.05, 3.63) is 337 Å². The Morgan fingerprint density at radius 2 is 0.592 bits per heavy atom. The molecule has 0 aromatic heterocycles. The number of aryl methyl sites for hydroxylation is 6. The van der Waals surface area contributed by atoms with Crippen molar-refractivity contribution in [1.82, 2.24) is 0 Å². The standard InChI is InChI=1S/C90H68B2N4Se2/c1-57-48-59(3)83(60(4)49-57)71-42-29-43-72(84-61(5)50-58(2)51-62(84)6)85(71)86-89-75(91-73-44-25-27-46-77(73)95(67-38-21-11-22-39-67)79-52-69(54-81(97-89)87(79)91)93(63-30-13-7-14-31-63)64-32-15-8-16-33-64)56-76-90(86)98-82-55-70(94(65-34-17-9-18-35-65)66-36-19-10-20-37-66)53-80-88(82)92(76)74-45-26-28-47-78(74)96(80)68-40-23-12-24-41-68/h7-56H,1-6H3. The summed E-state index contributed by atoms with van der Waals surface area (Å²) in [4.78, 5) is 10.1. The molecule has 0 amide bonds. The molecule has 14 aromatic carbocycles. The molecule has 4 nitrogen and oxygen atoms in total. The van der Waals surface area contributed by atoms with E-state index in [1.54, 1.807) is 0 Å². The normalized spacial score (nSPS) is 12.8. The first kappa shape index (κ1) is 59.9. The van der Waals surface area contributed by atoms with Crippen LogP contribution in [0.4, 0.5) is 68.2 Å². The zero-order valence-corrected chi connectivity index (χ0v) is 59.1. The van der Waals surface area contributed by atoms with E-state index in [1.807, 2.05) is 0 Å². The van der Waals surface area contributed by atoms with Gasteiger partial charge in [0.25, 0.3) is 0 Å². The third-order valence-electron chi connectivity index (χ3n) is 20.4. The fraction of sp³-hybridized carbons (Fsp3) is 0.0667. The zero-order valence-electron chi connectivity index (χ0n) is 55.6. The summed E-state index contributed by atoms with van der Waals surface area (Å²) in [5.41, 5.74) is 37.8. The molecule has 18 rings (SSSR count). The first-order valence-corrected chi connectivity index (χ1v) is 37.5. The SMILES string of the molecule is Cc1cc(C)c(-c2cccc(-c3c(C)cc(C)cc3C)c2-c2c3c(cc4c2[Se]c2cc(N(c5ccccc5)c5ccccc5)cc5c2B4c2ccccc2N5c2ccccc2)B2c4ccccc4N(c4ccccc4)c4cc(N(c5ccccc5)c5ccccc5)cc(c42)[Se]3)c(C)c1. The Hall–Kier alpha value is -10.6. The van der Waals surface area contributed by atoms with Gasteiger partial charge in [-0.25, -0.2) is 0 Å². The second-order valence-corrected chi connectivity index (χ2v) is 31.1. The maximum atomic E-state index is 2.78. The molecule has 0 spiro atoms. The van der Waals surface area contributed by atoms with Crippen molar-refractivity contribution in [2.24, 2.45) is 0 Å². The monoisotopic (exact) mass is 1390 g/mol. The molecule has 0 unspecified atom stereocenters. The second-order valence-electron chi connectivity index (χ2n) is 26.7. The first-order valence-electron chi connectivity index (χ1n) is 34.0. The topological polar surface area (TPSA) is 13.0 Å². The molecule has 14 aromatic rings. The predicted molar refractivity (Wildman–Crippen MR) is 422 cm³/mol. The number of anilines is 12. The van der Waals surface area contributed by atoms with Crippen LogP contribution in [0.25, 0.3) is 33.4 Å². The van der Waals surface area contributed by atoms with Crippen molar-refractivity contribution in [3.63, 3.8) is 0 Å². The van der Waals surface area contributed by atoms with Crippen LogP contribution >= 0.6 is 0 Å². The van der Waals surface area contributed by atoms with Crippen LogP contribution in [0.3, 0.4) is 0 Å². The Balaban J connectivity index is 1.01. The van der Waals surface area contributed by atoms with E-state index < -0.39 is 0 Å². The molecule has 466 valence electrons. The number of nitrogens with zero attached hydrogens (tertiary/aromatic N) is 4. The van der Waals surface area contributed by atoms with Crippen LogP contribution in [-0.2, 0) is 0 Å². The molecule has 4 aliphatic heterocycles. The predicted octanol–water partition coefficient (Wildman–Crippen LogP) is 16.0. The van der Waals surface area contributed by atoms with E-state index in [1.165, 1.54) is 140 Å². The van der Waals surface area contributed by atoms with Gasteiger partial charge in [0.1, 0.15) is 0 Å². The van der Waals surface area contributed by atoms with Gasteiger partial charge in [-0.15, -0.1) is 0 Å². The molecule has 4 aliphatic rings. The molecular weight excluding hydrogens is 1320 g/mol. The third-order valence-corrected chi connectivity index (χ3v) is 25.4. The van der Waals surface area contributed by atoms with E-state index in [0.29, 0.717) is 0 Å². The maximum absolute atomic E-state index is 2.78. The minimum atomic E-state index is -0.252. The van der Waals surface area contributed by atoms with Gasteiger partial charge >= 0.3 is 593 Å². The molecule has 0 saturated heterocycles. The van der Waals surface area contributed by atoms with Gasteiger partial charge in [0.2, 0.25) is 0 Å². The van der Waals surface area contributed by atoms with Gasteiger partial charge < -0.3 is 0 Å². The molecule has 0 atom stereocenters. The van der Waals surface area contributed by atoms with E-state index in [0.717, 1.165) is 45.5 Å². The van der Waals surface area contributed by atoms with Crippen LogP contribution in [0.1, 0.15) is 33.4 Å². The average molecular weight is 1390 g/mol. The molecule has 0 saturated carbocycles. The quantitative estimate of drug-likeness (QED) is 0.120. The van der Waals surface area contributed by atoms with Gasteiger partial charge in [0.15, 0.2) is 0 Å². The summed E-state index contributed by atoms with van der Waals surface area (Å²) in [5.74, 6) is 0. The van der Waals surface area contributed by atoms with Crippen molar-refractivity contribution < 1.29 is 0 Å². The van der Waals surface area contributed by atoms with Crippen LogP contribution in [0.5, 0.6) is 0 Å². The van der Waals surface area contributed by atoms with Crippen LogP contribution in [-0.4, -0.2) is 43.3 Å². The summed E-state index contributed by atoms with van der Waals surface area (Å²) in [7, 11) is 0. The summed E-state index contributed by atoms with van der Waals surface area (Å²) in [6.45, 7) is 13.7. The molecule has 4 heterocycles. The fourth-order valence-electron chi connectivity index (χ4n) is 16.8. The van der Waals surface area contributed by atoms with Crippen LogP contribution in [0.15, 0.2) is 303 Å². The van der Waals surface area contributed by atoms with Gasteiger partial charge in [-0.2, -0.15) is 0 Å². The van der Waals surface area contributed by atoms with Crippen molar-refractivity contribution in [3.8, 4) is 33.4 Å². The molecule has 0 bridgehead atoms. The van der Waals surface area contributed by atoms with E-state index in [2.05, 4.69) is 364 Å². The zero-order chi connectivity index (χ0) is 65.9. The van der Waals surface area contributed by atoms with Gasteiger partial charge in [0, 0.05) is 0 Å². The summed E-state index contributed by atoms with van der Waals surface area (Å²) >= 11 is -0.503. The summed E-state index contributed by atoms with van der Waals surface area (Å²) < 4.78 is 5.74. The molecule has 0 fully saturated rings. The van der Waals surface area contributed by atoms with Crippen LogP contribution in [0.2, 0.25) is 0 Å². The van der Waals surface area contributed by atoms with Gasteiger partial charge in [0.05, 0.1) is 0 Å². The minimum absolute atomic E-state index is 0.108. The number of fused-ring (bicyclic) bond motifs is 8. The Morgan fingerprint density at radius 1 is 0.265 bits per heavy atom. The average Bonchev–Trinajstić information content (AvgIpc) is 0.686. The number of hydrogen-bond acceptors (Lipinski definition) is 4. The molecule has 8 heteroatoms. The molecule has 98 heavy (non-hydrogen) atoms. The van der Waals surface area contributed by atoms with Gasteiger partial charge in [-0.1, -0.05) is 0 Å². The Bertz CT molecular complexity index is 5040. The van der Waals surface area contributed by atoms with E-state index >= 15 is 0 Å². The number of hydrogen-bond donors (Lipinski definition) is 0. The Kier molecular flexibility index (Phi) is 14.8. The van der Waals surface area contributed by atoms with Crippen LogP contribution in [0, 0.1) is 41.5 Å². The summed E-state index contributed by atoms with van der Waals surface area (Å²) in [5, 5.41) is 0. The number of para-hydroxylation sites is 8. The van der Waals surface area contributed by atoms with E-state index in [9.17, 15) is 0 Å². The second kappa shape index (κ2) is 24.2. The molecular formula is C90H68B2N4Se2. The van der Waals surface area contributed by atoms with Crippen molar-refractivity contribution in [2.75, 3.05) is 19.6 Å². The summed E-state index contributed by atoms with van der Waals surface area (Å²) in [6, 6.07) is 115. The first-order chi connectivity index (χ1) is 48.1. The van der Waals surface area contributed by atoms with Crippen LogP contribution < -0.4 is 70.2 Å². The third kappa shape index (κ3) is 9.79. The Morgan fingerprint density at radius 3 is 0.949 bits per heavy atom. The summed E-state index contributed by atoms with van der Waals surface area (Å²) in [6.07, 6.45) is 0. The Labute approximate surface area is 589 Å². The van der Waals surface area contributed by atoms with Crippen molar-refractivity contribution >= 4 is 162 Å². The van der Waals surface area contributed by atoms with E-state index in [-0.39, 0.29) is 43.3 Å². The van der Waals surface area contributed by atoms with Crippen molar-refractivity contribution in [2.45, 2.75) is 41.5 Å². The molecule has 0 radical (unpaired) electrons. The number of benzene rings is 14. The van der Waals surface area contributed by atoms with Gasteiger partial charge in [-0.05, 0) is 0 Å².